The van der Waals surface area contributed by atoms with E-state index >= 15 is 0 Å². The van der Waals surface area contributed by atoms with Gasteiger partial charge in [0.05, 0.1) is 20.0 Å². The number of fused-ring (bicyclic) bond motifs is 1. The number of imidazole rings is 1. The average molecular weight is 395 g/mol. The predicted molar refractivity (Wildman–Crippen MR) is 86.1 cm³/mol. The highest BCUT2D eigenvalue weighted by Crippen LogP contribution is 2.28. The molecule has 0 saturated carbocycles. The van der Waals surface area contributed by atoms with Crippen molar-refractivity contribution in [2.75, 3.05) is 0 Å². The molecule has 0 aliphatic heterocycles. The minimum Gasteiger partial charge on any atom is -0.326 e. The van der Waals surface area contributed by atoms with E-state index in [1.807, 2.05) is 29.5 Å². The Kier molecular flexibility index (Phi) is 4.71. The van der Waals surface area contributed by atoms with E-state index in [1.54, 1.807) is 12.1 Å². The molecule has 2 rings (SSSR count). The van der Waals surface area contributed by atoms with E-state index in [1.165, 1.54) is 0 Å². The van der Waals surface area contributed by atoms with E-state index < -0.39 is 0 Å². The van der Waals surface area contributed by atoms with Gasteiger partial charge in [0.1, 0.15) is 11.6 Å². The Morgan fingerprint density at radius 1 is 1.42 bits per heavy atom. The molecule has 1 aromatic carbocycles. The molecule has 0 bridgehead atoms. The third kappa shape index (κ3) is 3.05. The molecule has 0 radical (unpaired) electrons. The Labute approximate surface area is 131 Å². The molecule has 0 aliphatic carbocycles. The third-order valence-corrected chi connectivity index (χ3v) is 4.39. The quantitative estimate of drug-likeness (QED) is 0.519. The first-order valence-electron chi connectivity index (χ1n) is 6.43. The number of rotatable bonds is 4. The van der Waals surface area contributed by atoms with Gasteiger partial charge in [0, 0.05) is 12.6 Å². The number of halogens is 3. The Hall–Kier alpha value is -0.360. The summed E-state index contributed by atoms with van der Waals surface area (Å²) in [6.45, 7) is 7.05. The molecule has 2 aromatic rings. The maximum atomic E-state index is 13.8. The van der Waals surface area contributed by atoms with Crippen LogP contribution in [-0.2, 0) is 6.54 Å². The topological polar surface area (TPSA) is 17.8 Å². The van der Waals surface area contributed by atoms with Crippen LogP contribution in [0.15, 0.2) is 12.1 Å². The van der Waals surface area contributed by atoms with Gasteiger partial charge in [-0.25, -0.2) is 9.37 Å². The fourth-order valence-electron chi connectivity index (χ4n) is 2.08. The van der Waals surface area contributed by atoms with Crippen LogP contribution < -0.4 is 0 Å². The summed E-state index contributed by atoms with van der Waals surface area (Å²) in [5, 5.41) is -0.183. The van der Waals surface area contributed by atoms with E-state index in [0.29, 0.717) is 9.49 Å². The van der Waals surface area contributed by atoms with Crippen molar-refractivity contribution < 1.29 is 4.39 Å². The molecule has 104 valence electrons. The summed E-state index contributed by atoms with van der Waals surface area (Å²) < 4.78 is 16.4. The lowest BCUT2D eigenvalue weighted by molar-refractivity contribution is 0.465. The van der Waals surface area contributed by atoms with Gasteiger partial charge in [0.15, 0.2) is 0 Å². The van der Waals surface area contributed by atoms with E-state index in [-0.39, 0.29) is 11.2 Å². The van der Waals surface area contributed by atoms with E-state index in [9.17, 15) is 4.39 Å². The van der Waals surface area contributed by atoms with Crippen LogP contribution >= 0.6 is 34.2 Å². The standard InChI is InChI=1S/C14H17ClFIN2/c1-4-8(2)7-19-13-5-10(16)11(17)6-12(13)18-14(19)9(3)15/h5-6,8-9H,4,7H2,1-3H3. The first-order valence-corrected chi connectivity index (χ1v) is 7.94. The van der Waals surface area contributed by atoms with Crippen molar-refractivity contribution in [3.63, 3.8) is 0 Å². The summed E-state index contributed by atoms with van der Waals surface area (Å²) in [6, 6.07) is 3.34. The third-order valence-electron chi connectivity index (χ3n) is 3.37. The summed E-state index contributed by atoms with van der Waals surface area (Å²) >= 11 is 8.19. The minimum absolute atomic E-state index is 0.183. The van der Waals surface area contributed by atoms with E-state index in [0.717, 1.165) is 29.8 Å². The number of hydrogen-bond acceptors (Lipinski definition) is 1. The second kappa shape index (κ2) is 5.95. The van der Waals surface area contributed by atoms with E-state index in [2.05, 4.69) is 23.4 Å². The molecule has 0 fully saturated rings. The van der Waals surface area contributed by atoms with Gasteiger partial charge in [0.25, 0.3) is 0 Å². The van der Waals surface area contributed by atoms with E-state index in [4.69, 9.17) is 11.6 Å². The van der Waals surface area contributed by atoms with Crippen molar-refractivity contribution in [3.05, 3.63) is 27.3 Å². The van der Waals surface area contributed by atoms with Crippen LogP contribution in [0.1, 0.15) is 38.4 Å². The van der Waals surface area contributed by atoms with Crippen LogP contribution in [0, 0.1) is 15.3 Å². The second-order valence-corrected chi connectivity index (χ2v) is 6.78. The highest BCUT2D eigenvalue weighted by atomic mass is 127. The van der Waals surface area contributed by atoms with Gasteiger partial charge in [-0.1, -0.05) is 20.3 Å². The van der Waals surface area contributed by atoms with Gasteiger partial charge < -0.3 is 4.57 Å². The largest absolute Gasteiger partial charge is 0.326 e. The zero-order chi connectivity index (χ0) is 14.2. The zero-order valence-corrected chi connectivity index (χ0v) is 14.2. The maximum Gasteiger partial charge on any atom is 0.138 e. The van der Waals surface area contributed by atoms with Gasteiger partial charge >= 0.3 is 0 Å². The number of alkyl halides is 1. The van der Waals surface area contributed by atoms with Gasteiger partial charge in [-0.15, -0.1) is 11.6 Å². The molecule has 19 heavy (non-hydrogen) atoms. The van der Waals surface area contributed by atoms with Gasteiger partial charge in [-0.05, 0) is 41.5 Å². The first kappa shape index (κ1) is 15.0. The smallest absolute Gasteiger partial charge is 0.138 e. The Morgan fingerprint density at radius 3 is 2.68 bits per heavy atom. The molecular formula is C14H17ClFIN2. The molecule has 2 atom stereocenters. The monoisotopic (exact) mass is 394 g/mol. The van der Waals surface area contributed by atoms with Crippen molar-refractivity contribution in [1.82, 2.24) is 9.55 Å². The Bertz CT molecular complexity index is 595. The Morgan fingerprint density at radius 2 is 2.11 bits per heavy atom. The molecule has 2 unspecified atom stereocenters. The van der Waals surface area contributed by atoms with Gasteiger partial charge in [-0.2, -0.15) is 0 Å². The lowest BCUT2D eigenvalue weighted by atomic mass is 10.1. The van der Waals surface area contributed by atoms with Gasteiger partial charge in [-0.3, -0.25) is 0 Å². The molecule has 1 heterocycles. The average Bonchev–Trinajstić information content (AvgIpc) is 2.68. The van der Waals surface area contributed by atoms with Crippen LogP contribution in [-0.4, -0.2) is 9.55 Å². The van der Waals surface area contributed by atoms with Gasteiger partial charge in [0.2, 0.25) is 0 Å². The highest BCUT2D eigenvalue weighted by molar-refractivity contribution is 14.1. The molecule has 5 heteroatoms. The van der Waals surface area contributed by atoms with Crippen molar-refractivity contribution >= 4 is 45.2 Å². The van der Waals surface area contributed by atoms with Crippen LogP contribution in [0.25, 0.3) is 11.0 Å². The number of aromatic nitrogens is 2. The fourth-order valence-corrected chi connectivity index (χ4v) is 2.69. The summed E-state index contributed by atoms with van der Waals surface area (Å²) in [7, 11) is 0. The lowest BCUT2D eigenvalue weighted by Crippen LogP contribution is -2.10. The molecule has 0 saturated heterocycles. The number of nitrogens with zero attached hydrogens (tertiary/aromatic N) is 2. The molecule has 0 spiro atoms. The SMILES string of the molecule is CCC(C)Cn1c(C(C)Cl)nc2cc(I)c(F)cc21. The minimum atomic E-state index is -0.202. The zero-order valence-electron chi connectivity index (χ0n) is 11.3. The fraction of sp³-hybridized carbons (Fsp3) is 0.500. The molecule has 0 N–H and O–H groups in total. The normalized spacial score (nSPS) is 14.8. The van der Waals surface area contributed by atoms with Crippen LogP contribution in [0.4, 0.5) is 4.39 Å². The number of hydrogen-bond donors (Lipinski definition) is 0. The van der Waals surface area contributed by atoms with Crippen LogP contribution in [0.5, 0.6) is 0 Å². The molecule has 2 nitrogen and oxygen atoms in total. The van der Waals surface area contributed by atoms with Crippen LogP contribution in [0.3, 0.4) is 0 Å². The molecule has 0 amide bonds. The summed E-state index contributed by atoms with van der Waals surface area (Å²) in [5.74, 6) is 1.12. The van der Waals surface area contributed by atoms with Crippen molar-refractivity contribution in [2.24, 2.45) is 5.92 Å². The maximum absolute atomic E-state index is 13.8. The predicted octanol–water partition coefficient (Wildman–Crippen LogP) is 5.13. The summed E-state index contributed by atoms with van der Waals surface area (Å²) in [4.78, 5) is 4.56. The summed E-state index contributed by atoms with van der Waals surface area (Å²) in [5.41, 5.74) is 1.65. The van der Waals surface area contributed by atoms with Crippen molar-refractivity contribution in [3.8, 4) is 0 Å². The lowest BCUT2D eigenvalue weighted by Gasteiger charge is -2.14. The van der Waals surface area contributed by atoms with Crippen LogP contribution in [0.2, 0.25) is 0 Å². The molecule has 1 aromatic heterocycles. The first-order chi connectivity index (χ1) is 8.93. The Balaban J connectivity index is 2.62. The van der Waals surface area contributed by atoms with Crippen molar-refractivity contribution in [1.29, 1.82) is 0 Å². The molecule has 0 aliphatic rings. The number of benzene rings is 1. The second-order valence-electron chi connectivity index (χ2n) is 4.97. The van der Waals surface area contributed by atoms with Crippen molar-refractivity contribution in [2.45, 2.75) is 39.1 Å². The molecular weight excluding hydrogens is 378 g/mol. The highest BCUT2D eigenvalue weighted by Gasteiger charge is 2.17. The summed E-state index contributed by atoms with van der Waals surface area (Å²) in [6.07, 6.45) is 1.07.